The molecule has 3 rings (SSSR count). The second-order valence-corrected chi connectivity index (χ2v) is 9.06. The third-order valence-electron chi connectivity index (χ3n) is 4.81. The fourth-order valence-corrected chi connectivity index (χ4v) is 3.23. The van der Waals surface area contributed by atoms with Crippen LogP contribution in [0.15, 0.2) is 30.0 Å². The maximum Gasteiger partial charge on any atom is 0.491 e. The van der Waals surface area contributed by atoms with Crippen molar-refractivity contribution in [3.63, 3.8) is 0 Å². The Balaban J connectivity index is 1.87. The molecule has 0 N–H and O–H groups in total. The van der Waals surface area contributed by atoms with Gasteiger partial charge in [0.05, 0.1) is 17.4 Å². The lowest BCUT2D eigenvalue weighted by Crippen LogP contribution is -2.41. The van der Waals surface area contributed by atoms with Crippen molar-refractivity contribution in [2.45, 2.75) is 45.8 Å². The molecule has 0 saturated carbocycles. The van der Waals surface area contributed by atoms with Crippen LogP contribution in [0.4, 0.5) is 0 Å². The molecule has 0 bridgehead atoms. The molecule has 1 fully saturated rings. The van der Waals surface area contributed by atoms with E-state index in [4.69, 9.17) is 20.9 Å². The predicted octanol–water partition coefficient (Wildman–Crippen LogP) is 3.61. The van der Waals surface area contributed by atoms with E-state index >= 15 is 0 Å². The van der Waals surface area contributed by atoms with Crippen molar-refractivity contribution in [2.24, 2.45) is 0 Å². The molecule has 0 radical (unpaired) electrons. The highest BCUT2D eigenvalue weighted by Crippen LogP contribution is 2.39. The van der Waals surface area contributed by atoms with Crippen molar-refractivity contribution < 1.29 is 14.1 Å². The van der Waals surface area contributed by atoms with Crippen molar-refractivity contribution in [2.75, 3.05) is 5.75 Å². The second-order valence-electron chi connectivity index (χ2n) is 7.52. The topological polar surface area (TPSA) is 79.1 Å². The molecule has 0 unspecified atom stereocenters. The number of carbonyl (C=O) groups is 1. The molecule has 1 saturated heterocycles. The number of hydrogen-bond acceptors (Lipinski definition) is 7. The van der Waals surface area contributed by atoms with Crippen LogP contribution in [0.2, 0.25) is 5.15 Å². The van der Waals surface area contributed by atoms with Crippen LogP contribution in [0.5, 0.6) is 0 Å². The number of hydrogen-bond donors (Lipinski definition) is 0. The molecule has 1 aliphatic rings. The highest BCUT2D eigenvalue weighted by Gasteiger charge is 2.52. The van der Waals surface area contributed by atoms with Crippen LogP contribution >= 0.6 is 23.4 Å². The van der Waals surface area contributed by atoms with Gasteiger partial charge in [0.15, 0.2) is 16.1 Å². The van der Waals surface area contributed by atoms with E-state index in [1.165, 1.54) is 11.8 Å². The van der Waals surface area contributed by atoms with E-state index < -0.39 is 18.3 Å². The van der Waals surface area contributed by atoms with Crippen LogP contribution in [0, 0.1) is 0 Å². The quantitative estimate of drug-likeness (QED) is 0.684. The Morgan fingerprint density at radius 1 is 1.25 bits per heavy atom. The summed E-state index contributed by atoms with van der Waals surface area (Å²) in [6, 6.07) is 3.39. The third-order valence-corrected chi connectivity index (χ3v) is 5.89. The van der Waals surface area contributed by atoms with Gasteiger partial charge in [0.1, 0.15) is 0 Å². The average Bonchev–Trinajstić information content (AvgIpc) is 3.14. The fraction of sp³-hybridized carbons (Fsp3) is 0.444. The summed E-state index contributed by atoms with van der Waals surface area (Å²) in [6.45, 7) is 9.55. The SMILES string of the molecule is CC(=O)SCC(=Cc1cnn(-c2ccc(Cl)nn2)c1)B1OC(C)(C)C(C)(C)O1. The van der Waals surface area contributed by atoms with Gasteiger partial charge in [-0.05, 0) is 45.3 Å². The maximum atomic E-state index is 11.5. The molecule has 0 amide bonds. The van der Waals surface area contributed by atoms with Gasteiger partial charge >= 0.3 is 7.12 Å². The monoisotopic (exact) mass is 420 g/mol. The molecule has 0 atom stereocenters. The van der Waals surface area contributed by atoms with Gasteiger partial charge < -0.3 is 9.31 Å². The number of rotatable bonds is 5. The van der Waals surface area contributed by atoms with Crippen molar-refractivity contribution in [1.82, 2.24) is 20.0 Å². The molecule has 1 aliphatic heterocycles. The lowest BCUT2D eigenvalue weighted by Gasteiger charge is -2.32. The minimum Gasteiger partial charge on any atom is -0.400 e. The van der Waals surface area contributed by atoms with Gasteiger partial charge in [-0.3, -0.25) is 4.79 Å². The number of halogens is 1. The molecule has 10 heteroatoms. The van der Waals surface area contributed by atoms with Crippen LogP contribution in [0.25, 0.3) is 11.9 Å². The van der Waals surface area contributed by atoms with Crippen molar-refractivity contribution in [3.8, 4) is 5.82 Å². The van der Waals surface area contributed by atoms with E-state index in [2.05, 4.69) is 15.3 Å². The molecule has 2 aromatic rings. The Labute approximate surface area is 174 Å². The Hall–Kier alpha value is -1.68. The minimum absolute atomic E-state index is 0.0366. The molecule has 2 aromatic heterocycles. The van der Waals surface area contributed by atoms with Gasteiger partial charge in [-0.25, -0.2) is 4.68 Å². The van der Waals surface area contributed by atoms with E-state index in [1.54, 1.807) is 29.9 Å². The normalized spacial score (nSPS) is 18.5. The van der Waals surface area contributed by atoms with E-state index in [0.29, 0.717) is 16.7 Å². The fourth-order valence-electron chi connectivity index (χ4n) is 2.54. The molecule has 0 aromatic carbocycles. The first-order valence-corrected chi connectivity index (χ1v) is 10.2. The predicted molar refractivity (Wildman–Crippen MR) is 111 cm³/mol. The average molecular weight is 421 g/mol. The Morgan fingerprint density at radius 3 is 2.50 bits per heavy atom. The highest BCUT2D eigenvalue weighted by molar-refractivity contribution is 8.13. The highest BCUT2D eigenvalue weighted by atomic mass is 35.5. The first-order chi connectivity index (χ1) is 13.1. The molecule has 148 valence electrons. The molecule has 28 heavy (non-hydrogen) atoms. The van der Waals surface area contributed by atoms with Crippen LogP contribution in [-0.4, -0.2) is 49.2 Å². The zero-order valence-electron chi connectivity index (χ0n) is 16.5. The van der Waals surface area contributed by atoms with Crippen LogP contribution in [0.3, 0.4) is 0 Å². The van der Waals surface area contributed by atoms with Crippen molar-refractivity contribution in [3.05, 3.63) is 40.7 Å². The second kappa shape index (κ2) is 7.98. The van der Waals surface area contributed by atoms with E-state index in [-0.39, 0.29) is 5.12 Å². The Bertz CT molecular complexity index is 882. The molecule has 7 nitrogen and oxygen atoms in total. The van der Waals surface area contributed by atoms with Gasteiger partial charge in [-0.2, -0.15) is 5.10 Å². The maximum absolute atomic E-state index is 11.5. The largest absolute Gasteiger partial charge is 0.491 e. The standard InChI is InChI=1S/C18H22BClN4O3S/c1-12(25)28-11-14(19-26-17(2,3)18(4,5)27-19)8-13-9-21-24(10-13)16-7-6-15(20)22-23-16/h6-10H,11H2,1-5H3. The molecular formula is C18H22BClN4O3S. The van der Waals surface area contributed by atoms with E-state index in [0.717, 1.165) is 11.0 Å². The van der Waals surface area contributed by atoms with E-state index in [9.17, 15) is 4.79 Å². The zero-order chi connectivity index (χ0) is 20.5. The van der Waals surface area contributed by atoms with Gasteiger partial charge in [0.2, 0.25) is 0 Å². The summed E-state index contributed by atoms with van der Waals surface area (Å²) >= 11 is 7.00. The third kappa shape index (κ3) is 4.65. The summed E-state index contributed by atoms with van der Waals surface area (Å²) in [6.07, 6.45) is 5.46. The van der Waals surface area contributed by atoms with Gasteiger partial charge in [0, 0.05) is 24.4 Å². The van der Waals surface area contributed by atoms with E-state index in [1.807, 2.05) is 40.0 Å². The van der Waals surface area contributed by atoms with Crippen molar-refractivity contribution >= 4 is 41.7 Å². The zero-order valence-corrected chi connectivity index (χ0v) is 18.0. The first-order valence-electron chi connectivity index (χ1n) is 8.81. The summed E-state index contributed by atoms with van der Waals surface area (Å²) in [7, 11) is -0.532. The molecule has 3 heterocycles. The smallest absolute Gasteiger partial charge is 0.400 e. The minimum atomic E-state index is -0.532. The van der Waals surface area contributed by atoms with Gasteiger partial charge in [-0.15, -0.1) is 10.2 Å². The summed E-state index contributed by atoms with van der Waals surface area (Å²) in [4.78, 5) is 11.5. The van der Waals surface area contributed by atoms with Crippen molar-refractivity contribution in [1.29, 1.82) is 0 Å². The summed E-state index contributed by atoms with van der Waals surface area (Å²) < 4.78 is 13.9. The lowest BCUT2D eigenvalue weighted by molar-refractivity contribution is -0.109. The Kier molecular flexibility index (Phi) is 6.00. The number of nitrogens with zero attached hydrogens (tertiary/aromatic N) is 4. The van der Waals surface area contributed by atoms with Crippen LogP contribution in [-0.2, 0) is 14.1 Å². The molecule has 0 aliphatic carbocycles. The van der Waals surface area contributed by atoms with Gasteiger partial charge in [0.25, 0.3) is 0 Å². The molecule has 0 spiro atoms. The van der Waals surface area contributed by atoms with Crippen LogP contribution in [0.1, 0.15) is 40.2 Å². The lowest BCUT2D eigenvalue weighted by atomic mass is 9.78. The number of carbonyl (C=O) groups excluding carboxylic acids is 1. The Morgan fingerprint density at radius 2 is 1.93 bits per heavy atom. The summed E-state index contributed by atoms with van der Waals surface area (Å²) in [5.74, 6) is 1.03. The summed E-state index contributed by atoms with van der Waals surface area (Å²) in [5, 5.41) is 12.5. The first kappa shape index (κ1) is 21.0. The molecular weight excluding hydrogens is 399 g/mol. The summed E-state index contributed by atoms with van der Waals surface area (Å²) in [5.41, 5.74) is 0.785. The van der Waals surface area contributed by atoms with Crippen LogP contribution < -0.4 is 0 Å². The number of thioether (sulfide) groups is 1. The van der Waals surface area contributed by atoms with Gasteiger partial charge in [-0.1, -0.05) is 29.4 Å². The number of aromatic nitrogens is 4.